The lowest BCUT2D eigenvalue weighted by atomic mass is 9.93. The number of aliphatic imine (C=N–C) groups is 1. The van der Waals surface area contributed by atoms with Crippen LogP contribution in [0.3, 0.4) is 0 Å². The molecule has 6 heteroatoms. The zero-order valence-electron chi connectivity index (χ0n) is 16.5. The van der Waals surface area contributed by atoms with Crippen molar-refractivity contribution >= 4 is 17.6 Å². The van der Waals surface area contributed by atoms with E-state index in [0.717, 1.165) is 38.4 Å². The van der Waals surface area contributed by atoms with Gasteiger partial charge in [-0.15, -0.1) is 0 Å². The number of piperidine rings is 1. The quantitative estimate of drug-likeness (QED) is 0.537. The van der Waals surface area contributed by atoms with Crippen molar-refractivity contribution in [2.75, 3.05) is 38.1 Å². The van der Waals surface area contributed by atoms with Gasteiger partial charge in [-0.1, -0.05) is 18.2 Å². The zero-order chi connectivity index (χ0) is 19.0. The molecule has 144 valence electrons. The van der Waals surface area contributed by atoms with Crippen LogP contribution in [0, 0.1) is 5.41 Å². The summed E-state index contributed by atoms with van der Waals surface area (Å²) in [6.45, 7) is 9.20. The number of carbonyl (C=O) groups excluding carboxylic acids is 1. The summed E-state index contributed by atoms with van der Waals surface area (Å²) in [6.07, 6.45) is 2.14. The summed E-state index contributed by atoms with van der Waals surface area (Å²) in [5, 5.41) is 9.54. The van der Waals surface area contributed by atoms with Crippen LogP contribution in [0.2, 0.25) is 0 Å². The Morgan fingerprint density at radius 2 is 1.88 bits per heavy atom. The van der Waals surface area contributed by atoms with Crippen molar-refractivity contribution < 1.29 is 4.79 Å². The first-order chi connectivity index (χ1) is 12.5. The van der Waals surface area contributed by atoms with E-state index in [0.29, 0.717) is 12.6 Å². The van der Waals surface area contributed by atoms with Crippen molar-refractivity contribution in [2.45, 2.75) is 39.7 Å². The van der Waals surface area contributed by atoms with E-state index in [1.807, 2.05) is 13.8 Å². The van der Waals surface area contributed by atoms with Crippen LogP contribution >= 0.6 is 0 Å². The van der Waals surface area contributed by atoms with Crippen LogP contribution in [0.1, 0.15) is 33.6 Å². The minimum Gasteiger partial charge on any atom is -0.371 e. The predicted molar refractivity (Wildman–Crippen MR) is 109 cm³/mol. The first-order valence-electron chi connectivity index (χ1n) is 9.53. The molecule has 1 aromatic rings. The van der Waals surface area contributed by atoms with Gasteiger partial charge in [-0.05, 0) is 45.7 Å². The number of benzene rings is 1. The first-order valence-corrected chi connectivity index (χ1v) is 9.53. The van der Waals surface area contributed by atoms with Crippen molar-refractivity contribution in [1.29, 1.82) is 0 Å². The third-order valence-corrected chi connectivity index (χ3v) is 4.78. The Bertz CT molecular complexity index is 591. The van der Waals surface area contributed by atoms with Gasteiger partial charge in [0.05, 0.1) is 12.0 Å². The van der Waals surface area contributed by atoms with Gasteiger partial charge in [0.2, 0.25) is 5.91 Å². The molecular formula is C20H33N5O. The molecule has 1 amide bonds. The van der Waals surface area contributed by atoms with Crippen LogP contribution in [0.4, 0.5) is 5.69 Å². The number of guanidine groups is 1. The SMILES string of the molecule is CCNC(=NCC(C)(C)C(=O)NC)NC1CCN(c2ccccc2)CC1. The maximum absolute atomic E-state index is 11.9. The van der Waals surface area contributed by atoms with E-state index in [1.165, 1.54) is 5.69 Å². The Morgan fingerprint density at radius 3 is 2.46 bits per heavy atom. The van der Waals surface area contributed by atoms with E-state index in [-0.39, 0.29) is 5.91 Å². The van der Waals surface area contributed by atoms with Gasteiger partial charge < -0.3 is 20.9 Å². The van der Waals surface area contributed by atoms with E-state index in [9.17, 15) is 4.79 Å². The van der Waals surface area contributed by atoms with E-state index in [4.69, 9.17) is 0 Å². The molecule has 2 rings (SSSR count). The molecule has 1 aromatic carbocycles. The Labute approximate surface area is 157 Å². The second-order valence-corrected chi connectivity index (χ2v) is 7.40. The van der Waals surface area contributed by atoms with Gasteiger partial charge in [0.15, 0.2) is 5.96 Å². The summed E-state index contributed by atoms with van der Waals surface area (Å²) in [6, 6.07) is 11.0. The molecule has 0 aromatic heterocycles. The predicted octanol–water partition coefficient (Wildman–Crippen LogP) is 1.98. The van der Waals surface area contributed by atoms with Gasteiger partial charge in [0.1, 0.15) is 0 Å². The van der Waals surface area contributed by atoms with Crippen LogP contribution in [0.25, 0.3) is 0 Å². The highest BCUT2D eigenvalue weighted by Gasteiger charge is 2.27. The Hall–Kier alpha value is -2.24. The fourth-order valence-electron chi connectivity index (χ4n) is 3.12. The molecule has 0 atom stereocenters. The molecule has 1 fully saturated rings. The molecule has 26 heavy (non-hydrogen) atoms. The summed E-state index contributed by atoms with van der Waals surface area (Å²) in [5.41, 5.74) is 0.771. The molecular weight excluding hydrogens is 326 g/mol. The summed E-state index contributed by atoms with van der Waals surface area (Å²) in [5.74, 6) is 0.802. The lowest BCUT2D eigenvalue weighted by molar-refractivity contribution is -0.128. The summed E-state index contributed by atoms with van der Waals surface area (Å²) in [7, 11) is 1.66. The van der Waals surface area contributed by atoms with Crippen LogP contribution in [-0.2, 0) is 4.79 Å². The average Bonchev–Trinajstić information content (AvgIpc) is 2.67. The normalized spacial score (nSPS) is 16.3. The standard InChI is InChI=1S/C20H33N5O/c1-5-22-19(23-15-20(2,3)18(26)21-4)24-16-11-13-25(14-12-16)17-9-7-6-8-10-17/h6-10,16H,5,11-15H2,1-4H3,(H,21,26)(H2,22,23,24). The molecule has 0 saturated carbocycles. The topological polar surface area (TPSA) is 68.8 Å². The minimum atomic E-state index is -0.520. The number of carbonyl (C=O) groups is 1. The summed E-state index contributed by atoms with van der Waals surface area (Å²) >= 11 is 0. The van der Waals surface area contributed by atoms with Crippen molar-refractivity contribution in [3.63, 3.8) is 0 Å². The molecule has 0 aliphatic carbocycles. The molecule has 1 heterocycles. The van der Waals surface area contributed by atoms with Crippen LogP contribution < -0.4 is 20.9 Å². The summed E-state index contributed by atoms with van der Waals surface area (Å²) < 4.78 is 0. The van der Waals surface area contributed by atoms with Gasteiger partial charge >= 0.3 is 0 Å². The Kier molecular flexibility index (Phi) is 7.30. The number of nitrogens with zero attached hydrogens (tertiary/aromatic N) is 2. The number of rotatable bonds is 6. The van der Waals surface area contributed by atoms with Gasteiger partial charge in [0, 0.05) is 38.4 Å². The van der Waals surface area contributed by atoms with Gasteiger partial charge in [-0.25, -0.2) is 0 Å². The number of para-hydroxylation sites is 1. The van der Waals surface area contributed by atoms with Gasteiger partial charge in [-0.2, -0.15) is 0 Å². The molecule has 1 aliphatic rings. The van der Waals surface area contributed by atoms with E-state index < -0.39 is 5.41 Å². The van der Waals surface area contributed by atoms with E-state index in [1.54, 1.807) is 7.05 Å². The maximum Gasteiger partial charge on any atom is 0.227 e. The number of anilines is 1. The largest absolute Gasteiger partial charge is 0.371 e. The van der Waals surface area contributed by atoms with E-state index >= 15 is 0 Å². The number of hydrogen-bond donors (Lipinski definition) is 3. The summed E-state index contributed by atoms with van der Waals surface area (Å²) in [4.78, 5) is 19.0. The monoisotopic (exact) mass is 359 g/mol. The minimum absolute atomic E-state index is 0.00766. The second-order valence-electron chi connectivity index (χ2n) is 7.40. The molecule has 1 saturated heterocycles. The molecule has 1 aliphatic heterocycles. The van der Waals surface area contributed by atoms with Gasteiger partial charge in [0.25, 0.3) is 0 Å². The third kappa shape index (κ3) is 5.64. The Balaban J connectivity index is 1.90. The number of amides is 1. The average molecular weight is 360 g/mol. The highest BCUT2D eigenvalue weighted by atomic mass is 16.2. The maximum atomic E-state index is 11.9. The highest BCUT2D eigenvalue weighted by molar-refractivity contribution is 5.83. The van der Waals surface area contributed by atoms with Crippen molar-refractivity contribution in [3.8, 4) is 0 Å². The lowest BCUT2D eigenvalue weighted by Crippen LogP contribution is -2.49. The first kappa shape index (κ1) is 20.1. The smallest absolute Gasteiger partial charge is 0.227 e. The lowest BCUT2D eigenvalue weighted by Gasteiger charge is -2.34. The molecule has 0 bridgehead atoms. The number of nitrogens with one attached hydrogen (secondary N) is 3. The van der Waals surface area contributed by atoms with Crippen molar-refractivity contribution in [3.05, 3.63) is 30.3 Å². The molecule has 0 spiro atoms. The van der Waals surface area contributed by atoms with Crippen molar-refractivity contribution in [1.82, 2.24) is 16.0 Å². The van der Waals surface area contributed by atoms with Gasteiger partial charge in [-0.3, -0.25) is 9.79 Å². The number of hydrogen-bond acceptors (Lipinski definition) is 3. The third-order valence-electron chi connectivity index (χ3n) is 4.78. The molecule has 0 radical (unpaired) electrons. The Morgan fingerprint density at radius 1 is 1.23 bits per heavy atom. The second kappa shape index (κ2) is 9.46. The molecule has 6 nitrogen and oxygen atoms in total. The van der Waals surface area contributed by atoms with Crippen LogP contribution in [-0.4, -0.2) is 51.1 Å². The fourth-order valence-corrected chi connectivity index (χ4v) is 3.12. The fraction of sp³-hybridized carbons (Fsp3) is 0.600. The van der Waals surface area contributed by atoms with Crippen LogP contribution in [0.5, 0.6) is 0 Å². The van der Waals surface area contributed by atoms with E-state index in [2.05, 4.69) is 63.1 Å². The molecule has 3 N–H and O–H groups in total. The van der Waals surface area contributed by atoms with Crippen LogP contribution in [0.15, 0.2) is 35.3 Å². The zero-order valence-corrected chi connectivity index (χ0v) is 16.5. The van der Waals surface area contributed by atoms with Crippen molar-refractivity contribution in [2.24, 2.45) is 10.4 Å². The molecule has 0 unspecified atom stereocenters. The highest BCUT2D eigenvalue weighted by Crippen LogP contribution is 2.19.